The molecule has 14 heavy (non-hydrogen) atoms. The summed E-state index contributed by atoms with van der Waals surface area (Å²) >= 11 is 0. The van der Waals surface area contributed by atoms with Crippen molar-refractivity contribution >= 4 is 5.78 Å². The van der Waals surface area contributed by atoms with Gasteiger partial charge in [0.1, 0.15) is 0 Å². The van der Waals surface area contributed by atoms with Crippen molar-refractivity contribution < 1.29 is 4.79 Å². The lowest BCUT2D eigenvalue weighted by Crippen LogP contribution is -2.41. The second kappa shape index (κ2) is 3.76. The molecule has 2 unspecified atom stereocenters. The van der Waals surface area contributed by atoms with Gasteiger partial charge in [-0.25, -0.2) is 0 Å². The lowest BCUT2D eigenvalue weighted by molar-refractivity contribution is -0.114. The summed E-state index contributed by atoms with van der Waals surface area (Å²) in [6.45, 7) is 5.74. The zero-order chi connectivity index (χ0) is 10.1. The summed E-state index contributed by atoms with van der Waals surface area (Å²) in [6.07, 6.45) is 6.16. The van der Waals surface area contributed by atoms with Crippen LogP contribution in [0.3, 0.4) is 0 Å². The second-order valence-electron chi connectivity index (χ2n) is 4.66. The third kappa shape index (κ3) is 1.70. The zero-order valence-electron chi connectivity index (χ0n) is 9.12. The maximum Gasteiger partial charge on any atom is 0.157 e. The number of carbonyl (C=O) groups excluding carboxylic acids is 1. The van der Waals surface area contributed by atoms with Crippen molar-refractivity contribution in [3.63, 3.8) is 0 Å². The summed E-state index contributed by atoms with van der Waals surface area (Å²) < 4.78 is 0. The van der Waals surface area contributed by atoms with Crippen LogP contribution < -0.4 is 0 Å². The molecule has 0 N–H and O–H groups in total. The molecule has 0 bridgehead atoms. The number of ketones is 1. The largest absolute Gasteiger partial charge is 0.372 e. The van der Waals surface area contributed by atoms with Gasteiger partial charge in [-0.15, -0.1) is 0 Å². The minimum atomic E-state index is 0.311. The Kier molecular flexibility index (Phi) is 2.62. The summed E-state index contributed by atoms with van der Waals surface area (Å²) in [5.74, 6) is 1.07. The van der Waals surface area contributed by atoms with Crippen molar-refractivity contribution in [2.24, 2.45) is 5.92 Å². The Hall–Kier alpha value is -0.790. The van der Waals surface area contributed by atoms with Crippen LogP contribution in [0.5, 0.6) is 0 Å². The quantitative estimate of drug-likeness (QED) is 0.637. The SMILES string of the molecule is CC1CCCN(C2=CC(=O)CC2)C1C. The van der Waals surface area contributed by atoms with Gasteiger partial charge in [-0.2, -0.15) is 0 Å². The van der Waals surface area contributed by atoms with E-state index in [1.54, 1.807) is 0 Å². The highest BCUT2D eigenvalue weighted by Crippen LogP contribution is 2.30. The minimum Gasteiger partial charge on any atom is -0.372 e. The third-order valence-corrected chi connectivity index (χ3v) is 3.70. The van der Waals surface area contributed by atoms with E-state index in [1.807, 2.05) is 6.08 Å². The van der Waals surface area contributed by atoms with Crippen molar-refractivity contribution in [3.8, 4) is 0 Å². The van der Waals surface area contributed by atoms with Crippen LogP contribution in [-0.4, -0.2) is 23.3 Å². The van der Waals surface area contributed by atoms with E-state index in [1.165, 1.54) is 18.5 Å². The zero-order valence-corrected chi connectivity index (χ0v) is 9.12. The van der Waals surface area contributed by atoms with Gasteiger partial charge in [0.05, 0.1) is 0 Å². The Morgan fingerprint density at radius 2 is 2.14 bits per heavy atom. The Morgan fingerprint density at radius 1 is 1.36 bits per heavy atom. The first-order valence-corrected chi connectivity index (χ1v) is 5.68. The number of hydrogen-bond donors (Lipinski definition) is 0. The van der Waals surface area contributed by atoms with E-state index in [2.05, 4.69) is 18.7 Å². The van der Waals surface area contributed by atoms with Gasteiger partial charge in [0.25, 0.3) is 0 Å². The van der Waals surface area contributed by atoms with E-state index in [9.17, 15) is 4.79 Å². The molecule has 1 aliphatic carbocycles. The average Bonchev–Trinajstić information content (AvgIpc) is 2.57. The van der Waals surface area contributed by atoms with Crippen LogP contribution >= 0.6 is 0 Å². The molecule has 2 heteroatoms. The number of carbonyl (C=O) groups is 1. The van der Waals surface area contributed by atoms with Crippen LogP contribution in [0.2, 0.25) is 0 Å². The fourth-order valence-electron chi connectivity index (χ4n) is 2.55. The molecule has 0 aromatic rings. The first-order chi connectivity index (χ1) is 6.68. The van der Waals surface area contributed by atoms with E-state index in [-0.39, 0.29) is 0 Å². The smallest absolute Gasteiger partial charge is 0.157 e. The van der Waals surface area contributed by atoms with Crippen molar-refractivity contribution in [3.05, 3.63) is 11.8 Å². The predicted molar refractivity (Wildman–Crippen MR) is 56.9 cm³/mol. The Morgan fingerprint density at radius 3 is 2.79 bits per heavy atom. The Labute approximate surface area is 86.0 Å². The molecule has 1 heterocycles. The standard InChI is InChI=1S/C12H19NO/c1-9-4-3-7-13(10(9)2)11-5-6-12(14)8-11/h8-10H,3-7H2,1-2H3. The van der Waals surface area contributed by atoms with E-state index >= 15 is 0 Å². The van der Waals surface area contributed by atoms with Gasteiger partial charge in [-0.05, 0) is 32.1 Å². The van der Waals surface area contributed by atoms with Gasteiger partial charge in [0.2, 0.25) is 0 Å². The van der Waals surface area contributed by atoms with Crippen molar-refractivity contribution in [1.29, 1.82) is 0 Å². The molecule has 0 amide bonds. The molecule has 2 aliphatic rings. The van der Waals surface area contributed by atoms with Crippen LogP contribution in [-0.2, 0) is 4.79 Å². The van der Waals surface area contributed by atoms with Gasteiger partial charge in [-0.1, -0.05) is 6.92 Å². The third-order valence-electron chi connectivity index (χ3n) is 3.70. The van der Waals surface area contributed by atoms with Gasteiger partial charge in [0, 0.05) is 30.8 Å². The first-order valence-electron chi connectivity index (χ1n) is 5.68. The molecule has 1 aliphatic heterocycles. The molecule has 0 aromatic carbocycles. The van der Waals surface area contributed by atoms with Gasteiger partial charge >= 0.3 is 0 Å². The van der Waals surface area contributed by atoms with Crippen LogP contribution in [0.25, 0.3) is 0 Å². The molecule has 1 saturated heterocycles. The lowest BCUT2D eigenvalue weighted by Gasteiger charge is -2.40. The number of allylic oxidation sites excluding steroid dienone is 2. The maximum absolute atomic E-state index is 11.2. The summed E-state index contributed by atoms with van der Waals surface area (Å²) in [6, 6.07) is 0.612. The number of piperidine rings is 1. The van der Waals surface area contributed by atoms with Crippen molar-refractivity contribution in [2.75, 3.05) is 6.54 Å². The first kappa shape index (κ1) is 9.75. The topological polar surface area (TPSA) is 20.3 Å². The van der Waals surface area contributed by atoms with Crippen LogP contribution in [0.1, 0.15) is 39.5 Å². The number of hydrogen-bond acceptors (Lipinski definition) is 2. The highest BCUT2D eigenvalue weighted by molar-refractivity contribution is 5.92. The van der Waals surface area contributed by atoms with Gasteiger partial charge in [0.15, 0.2) is 5.78 Å². The van der Waals surface area contributed by atoms with Crippen molar-refractivity contribution in [2.45, 2.75) is 45.6 Å². The summed E-state index contributed by atoms with van der Waals surface area (Å²) in [4.78, 5) is 13.6. The fraction of sp³-hybridized carbons (Fsp3) is 0.750. The van der Waals surface area contributed by atoms with E-state index in [0.29, 0.717) is 11.8 Å². The summed E-state index contributed by atoms with van der Waals surface area (Å²) in [5.41, 5.74) is 1.29. The highest BCUT2D eigenvalue weighted by atomic mass is 16.1. The molecule has 78 valence electrons. The molecular formula is C12H19NO. The molecule has 2 atom stereocenters. The van der Waals surface area contributed by atoms with Crippen LogP contribution in [0.15, 0.2) is 11.8 Å². The maximum atomic E-state index is 11.2. The van der Waals surface area contributed by atoms with E-state index in [0.717, 1.165) is 25.3 Å². The van der Waals surface area contributed by atoms with Gasteiger partial charge in [-0.3, -0.25) is 4.79 Å². The van der Waals surface area contributed by atoms with Crippen LogP contribution in [0, 0.1) is 5.92 Å². The average molecular weight is 193 g/mol. The molecule has 2 nitrogen and oxygen atoms in total. The predicted octanol–water partition coefficient (Wildman–Crippen LogP) is 2.35. The van der Waals surface area contributed by atoms with Crippen LogP contribution in [0.4, 0.5) is 0 Å². The lowest BCUT2D eigenvalue weighted by atomic mass is 9.91. The monoisotopic (exact) mass is 193 g/mol. The van der Waals surface area contributed by atoms with Gasteiger partial charge < -0.3 is 4.90 Å². The Bertz CT molecular complexity index is 269. The minimum absolute atomic E-state index is 0.311. The highest BCUT2D eigenvalue weighted by Gasteiger charge is 2.28. The normalized spacial score (nSPS) is 33.4. The Balaban J connectivity index is 2.09. The molecule has 0 aromatic heterocycles. The molecule has 0 saturated carbocycles. The van der Waals surface area contributed by atoms with E-state index < -0.39 is 0 Å². The number of rotatable bonds is 1. The summed E-state index contributed by atoms with van der Waals surface area (Å²) in [5, 5.41) is 0. The number of nitrogens with zero attached hydrogens (tertiary/aromatic N) is 1. The molecule has 0 radical (unpaired) electrons. The molecular weight excluding hydrogens is 174 g/mol. The molecule has 0 spiro atoms. The van der Waals surface area contributed by atoms with Crippen molar-refractivity contribution in [1.82, 2.24) is 4.90 Å². The fourth-order valence-corrected chi connectivity index (χ4v) is 2.55. The summed E-state index contributed by atoms with van der Waals surface area (Å²) in [7, 11) is 0. The number of likely N-dealkylation sites (tertiary alicyclic amines) is 1. The second-order valence-corrected chi connectivity index (χ2v) is 4.66. The molecule has 2 rings (SSSR count). The van der Waals surface area contributed by atoms with E-state index in [4.69, 9.17) is 0 Å². The molecule has 1 fully saturated rings.